The first-order valence-corrected chi connectivity index (χ1v) is 8.82. The fourth-order valence-electron chi connectivity index (χ4n) is 2.57. The number of hydrogen-bond donors (Lipinski definition) is 1. The van der Waals surface area contributed by atoms with Gasteiger partial charge in [-0.05, 0) is 37.5 Å². The average molecular weight is 349 g/mol. The summed E-state index contributed by atoms with van der Waals surface area (Å²) in [6, 6.07) is 5.27. The summed E-state index contributed by atoms with van der Waals surface area (Å²) >= 11 is 0. The third kappa shape index (κ3) is 5.11. The van der Waals surface area contributed by atoms with Crippen LogP contribution in [0.2, 0.25) is 0 Å². The number of amides is 1. The fraction of sp³-hybridized carbons (Fsp3) is 0.579. The van der Waals surface area contributed by atoms with E-state index in [0.29, 0.717) is 23.7 Å². The lowest BCUT2D eigenvalue weighted by molar-refractivity contribution is -0.141. The highest BCUT2D eigenvalue weighted by Crippen LogP contribution is 2.32. The molecule has 138 valence electrons. The van der Waals surface area contributed by atoms with Gasteiger partial charge in [0.2, 0.25) is 0 Å². The van der Waals surface area contributed by atoms with E-state index in [9.17, 15) is 9.59 Å². The minimum atomic E-state index is -0.893. The Hall–Kier alpha value is -2.24. The highest BCUT2D eigenvalue weighted by atomic mass is 16.5. The summed E-state index contributed by atoms with van der Waals surface area (Å²) in [5, 5.41) is 9.13. The van der Waals surface area contributed by atoms with Crippen LogP contribution >= 0.6 is 0 Å². The first kappa shape index (κ1) is 19.1. The number of carbonyl (C=O) groups excluding carboxylic acids is 1. The van der Waals surface area contributed by atoms with Crippen molar-refractivity contribution in [2.24, 2.45) is 5.92 Å². The number of ether oxygens (including phenoxy) is 2. The molecule has 1 fully saturated rings. The molecule has 0 radical (unpaired) electrons. The normalized spacial score (nSPS) is 14.7. The molecule has 0 saturated heterocycles. The molecular formula is C19H27NO5. The lowest BCUT2D eigenvalue weighted by atomic mass is 10.1. The van der Waals surface area contributed by atoms with E-state index in [1.807, 2.05) is 0 Å². The Morgan fingerprint density at radius 3 is 2.60 bits per heavy atom. The summed E-state index contributed by atoms with van der Waals surface area (Å²) in [6.07, 6.45) is 3.84. The summed E-state index contributed by atoms with van der Waals surface area (Å²) in [5.41, 5.74) is 0.490. The SMILES string of the molecule is CCCCOc1ccc(C(=O)N(CC(C)C(=O)O)C2CC2)cc1OC. The smallest absolute Gasteiger partial charge is 0.308 e. The number of nitrogens with zero attached hydrogens (tertiary/aromatic N) is 1. The van der Waals surface area contributed by atoms with Crippen molar-refractivity contribution in [3.05, 3.63) is 23.8 Å². The lowest BCUT2D eigenvalue weighted by Gasteiger charge is -2.25. The molecule has 1 N–H and O–H groups in total. The quantitative estimate of drug-likeness (QED) is 0.657. The van der Waals surface area contributed by atoms with Crippen molar-refractivity contribution >= 4 is 11.9 Å². The van der Waals surface area contributed by atoms with Crippen LogP contribution in [0.4, 0.5) is 0 Å². The summed E-state index contributed by atoms with van der Waals surface area (Å²) in [5.74, 6) is -0.513. The van der Waals surface area contributed by atoms with Gasteiger partial charge >= 0.3 is 5.97 Å². The van der Waals surface area contributed by atoms with Gasteiger partial charge in [-0.1, -0.05) is 20.3 Å². The Morgan fingerprint density at radius 2 is 2.04 bits per heavy atom. The van der Waals surface area contributed by atoms with Gasteiger partial charge in [-0.25, -0.2) is 0 Å². The largest absolute Gasteiger partial charge is 0.493 e. The van der Waals surface area contributed by atoms with Gasteiger partial charge in [-0.15, -0.1) is 0 Å². The topological polar surface area (TPSA) is 76.1 Å². The Labute approximate surface area is 148 Å². The second-order valence-electron chi connectivity index (χ2n) is 6.50. The molecule has 6 heteroatoms. The van der Waals surface area contributed by atoms with Crippen LogP contribution < -0.4 is 9.47 Å². The minimum Gasteiger partial charge on any atom is -0.493 e. The predicted molar refractivity (Wildman–Crippen MR) is 94.3 cm³/mol. The van der Waals surface area contributed by atoms with Gasteiger partial charge in [-0.3, -0.25) is 9.59 Å². The predicted octanol–water partition coefficient (Wildman–Crippen LogP) is 3.20. The number of unbranched alkanes of at least 4 members (excludes halogenated alkanes) is 1. The molecule has 1 aliphatic carbocycles. The van der Waals surface area contributed by atoms with Gasteiger partial charge < -0.3 is 19.5 Å². The van der Waals surface area contributed by atoms with Crippen molar-refractivity contribution in [1.82, 2.24) is 4.90 Å². The molecule has 6 nitrogen and oxygen atoms in total. The Kier molecular flexibility index (Phi) is 6.67. The molecule has 1 aromatic rings. The van der Waals surface area contributed by atoms with Crippen molar-refractivity contribution in [1.29, 1.82) is 0 Å². The third-order valence-electron chi connectivity index (χ3n) is 4.31. The molecule has 0 spiro atoms. The monoisotopic (exact) mass is 349 g/mol. The van der Waals surface area contributed by atoms with E-state index in [1.54, 1.807) is 37.1 Å². The summed E-state index contributed by atoms with van der Waals surface area (Å²) in [4.78, 5) is 25.7. The molecule has 1 amide bonds. The summed E-state index contributed by atoms with van der Waals surface area (Å²) in [6.45, 7) is 4.53. The van der Waals surface area contributed by atoms with E-state index in [4.69, 9.17) is 14.6 Å². The van der Waals surface area contributed by atoms with Crippen LogP contribution in [0.5, 0.6) is 11.5 Å². The second-order valence-corrected chi connectivity index (χ2v) is 6.50. The van der Waals surface area contributed by atoms with Crippen LogP contribution in [0.25, 0.3) is 0 Å². The average Bonchev–Trinajstić information content (AvgIpc) is 3.44. The minimum absolute atomic E-state index is 0.140. The Bertz CT molecular complexity index is 612. The van der Waals surface area contributed by atoms with Gasteiger partial charge in [0.1, 0.15) is 0 Å². The van der Waals surface area contributed by atoms with Crippen molar-refractivity contribution in [3.8, 4) is 11.5 Å². The molecule has 2 rings (SSSR count). The number of methoxy groups -OCH3 is 1. The molecule has 1 aromatic carbocycles. The lowest BCUT2D eigenvalue weighted by Crippen LogP contribution is -2.38. The van der Waals surface area contributed by atoms with Crippen LogP contribution in [-0.4, -0.2) is 48.2 Å². The maximum atomic E-state index is 12.9. The maximum absolute atomic E-state index is 12.9. The Morgan fingerprint density at radius 1 is 1.32 bits per heavy atom. The van der Waals surface area contributed by atoms with Crippen LogP contribution in [0.3, 0.4) is 0 Å². The molecule has 0 aliphatic heterocycles. The Balaban J connectivity index is 2.14. The van der Waals surface area contributed by atoms with E-state index in [-0.39, 0.29) is 18.5 Å². The standard InChI is InChI=1S/C19H27NO5/c1-4-5-10-25-16-9-6-14(11-17(16)24-3)18(21)20(15-7-8-15)12-13(2)19(22)23/h6,9,11,13,15H,4-5,7-8,10,12H2,1-3H3,(H,22,23). The second kappa shape index (κ2) is 8.74. The van der Waals surface area contributed by atoms with Gasteiger partial charge in [0, 0.05) is 18.2 Å². The van der Waals surface area contributed by atoms with Crippen molar-refractivity contribution in [2.75, 3.05) is 20.3 Å². The zero-order chi connectivity index (χ0) is 18.4. The maximum Gasteiger partial charge on any atom is 0.308 e. The molecule has 0 aromatic heterocycles. The molecule has 0 bridgehead atoms. The highest BCUT2D eigenvalue weighted by Gasteiger charge is 2.35. The number of carboxylic acids is 1. The van der Waals surface area contributed by atoms with Crippen molar-refractivity contribution in [3.63, 3.8) is 0 Å². The summed E-state index contributed by atoms with van der Waals surface area (Å²) < 4.78 is 11.0. The first-order chi connectivity index (χ1) is 12.0. The molecule has 0 heterocycles. The van der Waals surface area contributed by atoms with Crippen molar-refractivity contribution < 1.29 is 24.2 Å². The van der Waals surface area contributed by atoms with Gasteiger partial charge in [0.25, 0.3) is 5.91 Å². The zero-order valence-electron chi connectivity index (χ0n) is 15.2. The summed E-state index contributed by atoms with van der Waals surface area (Å²) in [7, 11) is 1.54. The van der Waals surface area contributed by atoms with Crippen LogP contribution in [0.1, 0.15) is 49.9 Å². The number of hydrogen-bond acceptors (Lipinski definition) is 4. The van der Waals surface area contributed by atoms with E-state index in [2.05, 4.69) is 6.92 Å². The van der Waals surface area contributed by atoms with Crippen LogP contribution in [0, 0.1) is 5.92 Å². The van der Waals surface area contributed by atoms with E-state index >= 15 is 0 Å². The van der Waals surface area contributed by atoms with Crippen LogP contribution in [0.15, 0.2) is 18.2 Å². The van der Waals surface area contributed by atoms with Gasteiger partial charge in [0.05, 0.1) is 19.6 Å². The molecule has 1 atom stereocenters. The van der Waals surface area contributed by atoms with Gasteiger partial charge in [-0.2, -0.15) is 0 Å². The number of carboxylic acid groups (broad SMARTS) is 1. The van der Waals surface area contributed by atoms with E-state index < -0.39 is 11.9 Å². The van der Waals surface area contributed by atoms with E-state index in [1.165, 1.54) is 0 Å². The number of rotatable bonds is 10. The fourth-order valence-corrected chi connectivity index (χ4v) is 2.57. The third-order valence-corrected chi connectivity index (χ3v) is 4.31. The van der Waals surface area contributed by atoms with Crippen LogP contribution in [-0.2, 0) is 4.79 Å². The first-order valence-electron chi connectivity index (χ1n) is 8.82. The molecule has 25 heavy (non-hydrogen) atoms. The van der Waals surface area contributed by atoms with Gasteiger partial charge in [0.15, 0.2) is 11.5 Å². The number of carbonyl (C=O) groups is 2. The number of aliphatic carboxylic acids is 1. The zero-order valence-corrected chi connectivity index (χ0v) is 15.2. The molecular weight excluding hydrogens is 322 g/mol. The molecule has 1 aliphatic rings. The number of benzene rings is 1. The van der Waals surface area contributed by atoms with E-state index in [0.717, 1.165) is 25.7 Å². The molecule has 1 unspecified atom stereocenters. The molecule has 1 saturated carbocycles. The highest BCUT2D eigenvalue weighted by molar-refractivity contribution is 5.95. The van der Waals surface area contributed by atoms with Crippen molar-refractivity contribution in [2.45, 2.75) is 45.6 Å².